The van der Waals surface area contributed by atoms with E-state index in [9.17, 15) is 13.2 Å². The molecule has 0 bridgehead atoms. The number of ether oxygens (including phenoxy) is 3. The number of anilines is 1. The molecule has 1 fully saturated rings. The van der Waals surface area contributed by atoms with Crippen LogP contribution in [0.2, 0.25) is 0 Å². The summed E-state index contributed by atoms with van der Waals surface area (Å²) < 4.78 is 43.8. The lowest BCUT2D eigenvalue weighted by atomic mass is 10.1. The van der Waals surface area contributed by atoms with Gasteiger partial charge in [-0.15, -0.1) is 11.3 Å². The summed E-state index contributed by atoms with van der Waals surface area (Å²) in [6.45, 7) is 4.49. The first-order valence-corrected chi connectivity index (χ1v) is 13.0. The number of thiazole rings is 1. The van der Waals surface area contributed by atoms with E-state index in [0.717, 1.165) is 5.56 Å². The van der Waals surface area contributed by atoms with E-state index in [1.54, 1.807) is 0 Å². The Morgan fingerprint density at radius 1 is 1.06 bits per heavy atom. The third-order valence-electron chi connectivity index (χ3n) is 5.53. The maximum Gasteiger partial charge on any atom is 0.257 e. The number of rotatable bonds is 5. The van der Waals surface area contributed by atoms with Crippen molar-refractivity contribution in [3.8, 4) is 22.8 Å². The molecule has 3 heterocycles. The van der Waals surface area contributed by atoms with Crippen molar-refractivity contribution in [2.45, 2.75) is 31.0 Å². The first kappa shape index (κ1) is 22.8. The molecule has 1 N–H and O–H groups in total. The molecule has 5 rings (SSSR count). The fraction of sp³-hybridized carbons (Fsp3) is 0.304. The molecule has 2 aliphatic heterocycles. The molecule has 0 radical (unpaired) electrons. The van der Waals surface area contributed by atoms with Crippen molar-refractivity contribution in [1.29, 1.82) is 0 Å². The monoisotopic (exact) mass is 501 g/mol. The minimum Gasteiger partial charge on any atom is -0.454 e. The summed E-state index contributed by atoms with van der Waals surface area (Å²) in [4.78, 5) is 17.3. The summed E-state index contributed by atoms with van der Waals surface area (Å²) in [6.07, 6.45) is -0.353. The smallest absolute Gasteiger partial charge is 0.257 e. The number of fused-ring (bicyclic) bond motifs is 1. The fourth-order valence-electron chi connectivity index (χ4n) is 3.94. The number of nitrogens with zero attached hydrogens (tertiary/aromatic N) is 2. The van der Waals surface area contributed by atoms with Crippen molar-refractivity contribution in [3.05, 3.63) is 53.4 Å². The standard InChI is InChI=1S/C23H23N3O6S2/c1-14-10-26(11-15(2)32-14)34(28,29)18-6-3-16(4-7-18)22(27)25-23-24-19(12-33-23)17-5-8-20-21(9-17)31-13-30-20/h3-9,12,14-15H,10-11,13H2,1-2H3,(H,24,25,27). The minimum atomic E-state index is -3.67. The van der Waals surface area contributed by atoms with Crippen molar-refractivity contribution in [2.24, 2.45) is 0 Å². The maximum absolute atomic E-state index is 13.0. The van der Waals surface area contributed by atoms with Crippen molar-refractivity contribution in [1.82, 2.24) is 9.29 Å². The number of hydrogen-bond donors (Lipinski definition) is 1. The number of benzene rings is 2. The van der Waals surface area contributed by atoms with Crippen molar-refractivity contribution in [2.75, 3.05) is 25.2 Å². The second kappa shape index (κ2) is 8.99. The first-order valence-electron chi connectivity index (χ1n) is 10.7. The van der Waals surface area contributed by atoms with Crippen LogP contribution in [0, 0.1) is 0 Å². The van der Waals surface area contributed by atoms with Gasteiger partial charge in [0.25, 0.3) is 5.91 Å². The lowest BCUT2D eigenvalue weighted by Gasteiger charge is -2.34. The van der Waals surface area contributed by atoms with Gasteiger partial charge in [0, 0.05) is 29.6 Å². The number of carbonyl (C=O) groups excluding carboxylic acids is 1. The lowest BCUT2D eigenvalue weighted by Crippen LogP contribution is -2.48. The van der Waals surface area contributed by atoms with Crippen LogP contribution in [-0.2, 0) is 14.8 Å². The average Bonchev–Trinajstić information content (AvgIpc) is 3.47. The number of carbonyl (C=O) groups is 1. The summed E-state index contributed by atoms with van der Waals surface area (Å²) in [7, 11) is -3.67. The quantitative estimate of drug-likeness (QED) is 0.569. The molecule has 3 aromatic rings. The lowest BCUT2D eigenvalue weighted by molar-refractivity contribution is -0.0440. The van der Waals surface area contributed by atoms with Gasteiger partial charge in [0.2, 0.25) is 16.8 Å². The second-order valence-electron chi connectivity index (χ2n) is 8.16. The molecule has 2 atom stereocenters. The summed E-state index contributed by atoms with van der Waals surface area (Å²) in [5.41, 5.74) is 1.89. The number of amides is 1. The number of nitrogens with one attached hydrogen (secondary N) is 1. The zero-order valence-electron chi connectivity index (χ0n) is 18.6. The molecule has 0 spiro atoms. The van der Waals surface area contributed by atoms with Gasteiger partial charge in [-0.05, 0) is 56.3 Å². The predicted molar refractivity (Wildman–Crippen MR) is 127 cm³/mol. The maximum atomic E-state index is 13.0. The molecule has 34 heavy (non-hydrogen) atoms. The molecule has 0 aliphatic carbocycles. The van der Waals surface area contributed by atoms with Crippen LogP contribution in [0.3, 0.4) is 0 Å². The van der Waals surface area contributed by atoms with Gasteiger partial charge in [0.15, 0.2) is 16.6 Å². The summed E-state index contributed by atoms with van der Waals surface area (Å²) in [6, 6.07) is 11.5. The third-order valence-corrected chi connectivity index (χ3v) is 8.14. The molecule has 2 aromatic carbocycles. The first-order chi connectivity index (χ1) is 16.3. The Labute approximate surface area is 201 Å². The molecule has 178 valence electrons. The predicted octanol–water partition coefficient (Wildman–Crippen LogP) is 3.59. The van der Waals surface area contributed by atoms with E-state index >= 15 is 0 Å². The normalized spacial score (nSPS) is 20.3. The minimum absolute atomic E-state index is 0.143. The zero-order chi connectivity index (χ0) is 23.9. The van der Waals surface area contributed by atoms with E-state index in [1.807, 2.05) is 37.4 Å². The number of aromatic nitrogens is 1. The summed E-state index contributed by atoms with van der Waals surface area (Å²) >= 11 is 1.30. The fourth-order valence-corrected chi connectivity index (χ4v) is 6.25. The van der Waals surface area contributed by atoms with Gasteiger partial charge < -0.3 is 14.2 Å². The van der Waals surface area contributed by atoms with Gasteiger partial charge in [-0.25, -0.2) is 13.4 Å². The Morgan fingerprint density at radius 2 is 1.76 bits per heavy atom. The third kappa shape index (κ3) is 4.51. The second-order valence-corrected chi connectivity index (χ2v) is 11.0. The highest BCUT2D eigenvalue weighted by atomic mass is 32.2. The topological polar surface area (TPSA) is 107 Å². The largest absolute Gasteiger partial charge is 0.454 e. The van der Waals surface area contributed by atoms with Crippen molar-refractivity contribution >= 4 is 32.4 Å². The van der Waals surface area contributed by atoms with E-state index in [0.29, 0.717) is 41.0 Å². The Balaban J connectivity index is 1.27. The van der Waals surface area contributed by atoms with Crippen LogP contribution in [0.15, 0.2) is 52.7 Å². The van der Waals surface area contributed by atoms with Gasteiger partial charge in [-0.2, -0.15) is 4.31 Å². The van der Waals surface area contributed by atoms with Crippen LogP contribution in [-0.4, -0.2) is 55.7 Å². The molecule has 1 saturated heterocycles. The molecule has 2 aliphatic rings. The van der Waals surface area contributed by atoms with Gasteiger partial charge in [0.05, 0.1) is 22.8 Å². The molecule has 0 saturated carbocycles. The van der Waals surface area contributed by atoms with Gasteiger partial charge in [0.1, 0.15) is 0 Å². The van der Waals surface area contributed by atoms with Crippen LogP contribution in [0.5, 0.6) is 11.5 Å². The number of hydrogen-bond acceptors (Lipinski definition) is 8. The van der Waals surface area contributed by atoms with Gasteiger partial charge >= 0.3 is 0 Å². The van der Waals surface area contributed by atoms with E-state index < -0.39 is 10.0 Å². The van der Waals surface area contributed by atoms with E-state index in [1.165, 1.54) is 39.9 Å². The molecule has 11 heteroatoms. The molecule has 1 aromatic heterocycles. The number of morpholine rings is 1. The van der Waals surface area contributed by atoms with E-state index in [4.69, 9.17) is 14.2 Å². The van der Waals surface area contributed by atoms with E-state index in [-0.39, 0.29) is 29.8 Å². The van der Waals surface area contributed by atoms with Crippen LogP contribution in [0.4, 0.5) is 5.13 Å². The van der Waals surface area contributed by atoms with Crippen LogP contribution < -0.4 is 14.8 Å². The average molecular weight is 502 g/mol. The highest BCUT2D eigenvalue weighted by molar-refractivity contribution is 7.89. The van der Waals surface area contributed by atoms with E-state index in [2.05, 4.69) is 10.3 Å². The van der Waals surface area contributed by atoms with Crippen LogP contribution in [0.25, 0.3) is 11.3 Å². The number of sulfonamides is 1. The molecule has 1 amide bonds. The SMILES string of the molecule is CC1CN(S(=O)(=O)c2ccc(C(=O)Nc3nc(-c4ccc5c(c4)OCO5)cs3)cc2)CC(C)O1. The van der Waals surface area contributed by atoms with Crippen LogP contribution >= 0.6 is 11.3 Å². The molecular weight excluding hydrogens is 478 g/mol. The van der Waals surface area contributed by atoms with Crippen molar-refractivity contribution < 1.29 is 27.4 Å². The molecule has 2 unspecified atom stereocenters. The van der Waals surface area contributed by atoms with Gasteiger partial charge in [-0.1, -0.05) is 0 Å². The van der Waals surface area contributed by atoms with Crippen LogP contribution in [0.1, 0.15) is 24.2 Å². The Bertz CT molecular complexity index is 1310. The highest BCUT2D eigenvalue weighted by Gasteiger charge is 2.32. The Hall–Kier alpha value is -2.99. The molecular formula is C23H23N3O6S2. The Morgan fingerprint density at radius 3 is 2.50 bits per heavy atom. The summed E-state index contributed by atoms with van der Waals surface area (Å²) in [5, 5.41) is 5.05. The van der Waals surface area contributed by atoms with Crippen molar-refractivity contribution in [3.63, 3.8) is 0 Å². The zero-order valence-corrected chi connectivity index (χ0v) is 20.2. The summed E-state index contributed by atoms with van der Waals surface area (Å²) in [5.74, 6) is 0.979. The Kier molecular flexibility index (Phi) is 6.02. The van der Waals surface area contributed by atoms with Gasteiger partial charge in [-0.3, -0.25) is 10.1 Å². The molecule has 9 nitrogen and oxygen atoms in total. The highest BCUT2D eigenvalue weighted by Crippen LogP contribution is 2.36.